The molecule has 0 saturated carbocycles. The zero-order valence-corrected chi connectivity index (χ0v) is 10.3. The summed E-state index contributed by atoms with van der Waals surface area (Å²) >= 11 is 0. The summed E-state index contributed by atoms with van der Waals surface area (Å²) in [5, 5.41) is 10.0. The van der Waals surface area contributed by atoms with Crippen molar-refractivity contribution < 1.29 is 5.11 Å². The Morgan fingerprint density at radius 2 is 1.67 bits per heavy atom. The first-order valence-corrected chi connectivity index (χ1v) is 5.82. The van der Waals surface area contributed by atoms with E-state index in [-0.39, 0.29) is 6.10 Å². The molecule has 1 nitrogen and oxygen atoms in total. The van der Waals surface area contributed by atoms with Crippen LogP contribution >= 0.6 is 0 Å². The summed E-state index contributed by atoms with van der Waals surface area (Å²) < 4.78 is 0. The van der Waals surface area contributed by atoms with Gasteiger partial charge in [0.15, 0.2) is 0 Å². The van der Waals surface area contributed by atoms with Crippen molar-refractivity contribution >= 4 is 0 Å². The predicted molar refractivity (Wildman–Crippen MR) is 65.1 cm³/mol. The van der Waals surface area contributed by atoms with Gasteiger partial charge in [0.25, 0.3) is 0 Å². The molecule has 1 heteroatoms. The molecule has 0 fully saturated rings. The Morgan fingerprint density at radius 3 is 2.27 bits per heavy atom. The molecule has 1 N–H and O–H groups in total. The summed E-state index contributed by atoms with van der Waals surface area (Å²) in [7, 11) is 0. The molecule has 1 aromatic rings. The normalized spacial score (nSPS) is 12.9. The van der Waals surface area contributed by atoms with Gasteiger partial charge in [0.2, 0.25) is 0 Å². The van der Waals surface area contributed by atoms with E-state index in [2.05, 4.69) is 39.8 Å². The van der Waals surface area contributed by atoms with Crippen LogP contribution in [-0.4, -0.2) is 5.11 Å². The molecule has 0 radical (unpaired) electrons. The third kappa shape index (κ3) is 3.07. The molecule has 1 atom stereocenters. The van der Waals surface area contributed by atoms with Crippen LogP contribution in [0.1, 0.15) is 54.5 Å². The Labute approximate surface area is 93.1 Å². The molecule has 0 bridgehead atoms. The van der Waals surface area contributed by atoms with Gasteiger partial charge >= 0.3 is 0 Å². The van der Waals surface area contributed by atoms with Crippen LogP contribution in [0, 0.1) is 20.8 Å². The summed E-state index contributed by atoms with van der Waals surface area (Å²) in [5.41, 5.74) is 4.89. The molecular formula is C14H22O. The second-order valence-corrected chi connectivity index (χ2v) is 4.45. The molecule has 1 unspecified atom stereocenters. The minimum absolute atomic E-state index is 0.288. The van der Waals surface area contributed by atoms with Gasteiger partial charge in [0.05, 0.1) is 6.10 Å². The average Bonchev–Trinajstić information content (AvgIpc) is 2.20. The van der Waals surface area contributed by atoms with Crippen molar-refractivity contribution in [2.45, 2.75) is 53.1 Å². The van der Waals surface area contributed by atoms with Crippen molar-refractivity contribution in [1.29, 1.82) is 0 Å². The van der Waals surface area contributed by atoms with Crippen LogP contribution in [-0.2, 0) is 0 Å². The fraction of sp³-hybridized carbons (Fsp3) is 0.571. The van der Waals surface area contributed by atoms with Crippen LogP contribution in [0.3, 0.4) is 0 Å². The number of aliphatic hydroxyl groups excluding tert-OH is 1. The number of aliphatic hydroxyl groups is 1. The number of rotatable bonds is 4. The van der Waals surface area contributed by atoms with Crippen LogP contribution in [0.2, 0.25) is 0 Å². The second kappa shape index (κ2) is 5.32. The molecule has 0 aliphatic carbocycles. The van der Waals surface area contributed by atoms with Gasteiger partial charge in [0.1, 0.15) is 0 Å². The highest BCUT2D eigenvalue weighted by Gasteiger charge is 2.10. The van der Waals surface area contributed by atoms with E-state index in [1.807, 2.05) is 0 Å². The van der Waals surface area contributed by atoms with Crippen molar-refractivity contribution in [2.24, 2.45) is 0 Å². The SMILES string of the molecule is CCCCC(O)c1cc(C)c(C)cc1C. The Balaban J connectivity index is 2.88. The largest absolute Gasteiger partial charge is 0.388 e. The quantitative estimate of drug-likeness (QED) is 0.793. The van der Waals surface area contributed by atoms with E-state index < -0.39 is 0 Å². The lowest BCUT2D eigenvalue weighted by Gasteiger charge is -2.15. The van der Waals surface area contributed by atoms with Crippen molar-refractivity contribution in [3.05, 3.63) is 34.4 Å². The Kier molecular flexibility index (Phi) is 4.34. The molecule has 0 saturated heterocycles. The minimum atomic E-state index is -0.288. The van der Waals surface area contributed by atoms with Gasteiger partial charge in [-0.3, -0.25) is 0 Å². The van der Waals surface area contributed by atoms with Gasteiger partial charge in [0, 0.05) is 0 Å². The van der Waals surface area contributed by atoms with Crippen molar-refractivity contribution in [1.82, 2.24) is 0 Å². The monoisotopic (exact) mass is 206 g/mol. The topological polar surface area (TPSA) is 20.2 Å². The van der Waals surface area contributed by atoms with Crippen molar-refractivity contribution in [2.75, 3.05) is 0 Å². The molecular weight excluding hydrogens is 184 g/mol. The zero-order valence-electron chi connectivity index (χ0n) is 10.3. The molecule has 0 aromatic heterocycles. The van der Waals surface area contributed by atoms with Crippen LogP contribution in [0.25, 0.3) is 0 Å². The summed E-state index contributed by atoms with van der Waals surface area (Å²) in [6.45, 7) is 8.45. The maximum atomic E-state index is 10.0. The van der Waals surface area contributed by atoms with Gasteiger partial charge in [-0.05, 0) is 49.4 Å². The van der Waals surface area contributed by atoms with Crippen LogP contribution in [0.4, 0.5) is 0 Å². The number of unbranched alkanes of at least 4 members (excludes halogenated alkanes) is 1. The fourth-order valence-electron chi connectivity index (χ4n) is 1.89. The summed E-state index contributed by atoms with van der Waals surface area (Å²) in [6, 6.07) is 4.30. The number of hydrogen-bond donors (Lipinski definition) is 1. The zero-order chi connectivity index (χ0) is 11.4. The molecule has 0 aliphatic rings. The number of aryl methyl sites for hydroxylation is 3. The Morgan fingerprint density at radius 1 is 1.07 bits per heavy atom. The van der Waals surface area contributed by atoms with E-state index in [4.69, 9.17) is 0 Å². The molecule has 0 spiro atoms. The maximum absolute atomic E-state index is 10.0. The van der Waals surface area contributed by atoms with Crippen molar-refractivity contribution in [3.63, 3.8) is 0 Å². The van der Waals surface area contributed by atoms with E-state index in [0.29, 0.717) is 0 Å². The molecule has 0 amide bonds. The third-order valence-electron chi connectivity index (χ3n) is 3.07. The Hall–Kier alpha value is -0.820. The molecule has 84 valence electrons. The first-order valence-electron chi connectivity index (χ1n) is 5.82. The third-order valence-corrected chi connectivity index (χ3v) is 3.07. The molecule has 1 rings (SSSR count). The first-order chi connectivity index (χ1) is 7.06. The maximum Gasteiger partial charge on any atom is 0.0792 e. The summed E-state index contributed by atoms with van der Waals surface area (Å²) in [4.78, 5) is 0. The van der Waals surface area contributed by atoms with Gasteiger partial charge in [-0.15, -0.1) is 0 Å². The van der Waals surface area contributed by atoms with Gasteiger partial charge in [-0.25, -0.2) is 0 Å². The molecule has 0 heterocycles. The highest BCUT2D eigenvalue weighted by molar-refractivity contribution is 5.37. The first kappa shape index (κ1) is 12.3. The lowest BCUT2D eigenvalue weighted by Crippen LogP contribution is -2.01. The van der Waals surface area contributed by atoms with E-state index in [1.54, 1.807) is 0 Å². The Bertz CT molecular complexity index is 328. The summed E-state index contributed by atoms with van der Waals surface area (Å²) in [5.74, 6) is 0. The molecule has 15 heavy (non-hydrogen) atoms. The number of benzene rings is 1. The predicted octanol–water partition coefficient (Wildman–Crippen LogP) is 3.84. The smallest absolute Gasteiger partial charge is 0.0792 e. The fourth-order valence-corrected chi connectivity index (χ4v) is 1.89. The lowest BCUT2D eigenvalue weighted by atomic mass is 9.95. The molecule has 0 aliphatic heterocycles. The van der Waals surface area contributed by atoms with Crippen LogP contribution in [0.5, 0.6) is 0 Å². The average molecular weight is 206 g/mol. The minimum Gasteiger partial charge on any atom is -0.388 e. The number of hydrogen-bond acceptors (Lipinski definition) is 1. The highest BCUT2D eigenvalue weighted by atomic mass is 16.3. The van der Waals surface area contributed by atoms with E-state index in [1.165, 1.54) is 16.7 Å². The second-order valence-electron chi connectivity index (χ2n) is 4.45. The van der Waals surface area contributed by atoms with E-state index in [9.17, 15) is 5.11 Å². The van der Waals surface area contributed by atoms with Gasteiger partial charge in [-0.1, -0.05) is 31.9 Å². The van der Waals surface area contributed by atoms with E-state index >= 15 is 0 Å². The highest BCUT2D eigenvalue weighted by Crippen LogP contribution is 2.25. The van der Waals surface area contributed by atoms with Crippen LogP contribution in [0.15, 0.2) is 12.1 Å². The van der Waals surface area contributed by atoms with Crippen LogP contribution < -0.4 is 0 Å². The van der Waals surface area contributed by atoms with Crippen molar-refractivity contribution in [3.8, 4) is 0 Å². The van der Waals surface area contributed by atoms with E-state index in [0.717, 1.165) is 24.8 Å². The lowest BCUT2D eigenvalue weighted by molar-refractivity contribution is 0.163. The summed E-state index contributed by atoms with van der Waals surface area (Å²) in [6.07, 6.45) is 2.82. The van der Waals surface area contributed by atoms with Gasteiger partial charge in [-0.2, -0.15) is 0 Å². The van der Waals surface area contributed by atoms with Gasteiger partial charge < -0.3 is 5.11 Å². The standard InChI is InChI=1S/C14H22O/c1-5-6-7-14(15)13-9-11(3)10(2)8-12(13)4/h8-9,14-15H,5-7H2,1-4H3. The molecule has 1 aromatic carbocycles.